The summed E-state index contributed by atoms with van der Waals surface area (Å²) in [5.41, 5.74) is 0.495. The van der Waals surface area contributed by atoms with Crippen molar-refractivity contribution in [3.05, 3.63) is 29.6 Å². The molecule has 80 valence electrons. The van der Waals surface area contributed by atoms with Crippen molar-refractivity contribution in [2.75, 3.05) is 0 Å². The minimum absolute atomic E-state index is 0.130. The number of fused-ring (bicyclic) bond motifs is 1. The fourth-order valence-corrected chi connectivity index (χ4v) is 1.71. The molecule has 1 aromatic rings. The molecule has 0 spiro atoms. The van der Waals surface area contributed by atoms with Gasteiger partial charge in [0.05, 0.1) is 24.1 Å². The predicted molar refractivity (Wildman–Crippen MR) is 54.4 cm³/mol. The Bertz CT molecular complexity index is 469. The molecule has 0 fully saturated rings. The molecule has 0 N–H and O–H groups in total. The molecule has 0 radical (unpaired) electrons. The molecule has 0 saturated carbocycles. The van der Waals surface area contributed by atoms with Gasteiger partial charge in [0.15, 0.2) is 0 Å². The van der Waals surface area contributed by atoms with E-state index in [1.807, 2.05) is 6.07 Å². The normalized spacial score (nSPS) is 15.9. The van der Waals surface area contributed by atoms with Gasteiger partial charge in [0.25, 0.3) is 11.8 Å². The summed E-state index contributed by atoms with van der Waals surface area (Å²) >= 11 is 0. The average Bonchev–Trinajstić information content (AvgIpc) is 2.53. The van der Waals surface area contributed by atoms with Gasteiger partial charge in [0.2, 0.25) is 0 Å². The van der Waals surface area contributed by atoms with E-state index in [1.54, 1.807) is 19.1 Å². The van der Waals surface area contributed by atoms with Gasteiger partial charge in [0.1, 0.15) is 5.69 Å². The third-order valence-electron chi connectivity index (χ3n) is 2.51. The third kappa shape index (κ3) is 1.36. The van der Waals surface area contributed by atoms with Gasteiger partial charge < -0.3 is 0 Å². The summed E-state index contributed by atoms with van der Waals surface area (Å²) in [5, 5.41) is 8.57. The number of carbonyl (C=O) groups is 2. The van der Waals surface area contributed by atoms with Crippen LogP contribution in [0.4, 0.5) is 0 Å². The quantitative estimate of drug-likeness (QED) is 0.689. The van der Waals surface area contributed by atoms with Gasteiger partial charge in [0, 0.05) is 6.20 Å². The fourth-order valence-electron chi connectivity index (χ4n) is 1.71. The first-order chi connectivity index (χ1) is 7.66. The smallest absolute Gasteiger partial charge is 0.269 e. The number of carbonyl (C=O) groups excluding carboxylic acids is 2. The zero-order valence-electron chi connectivity index (χ0n) is 8.67. The number of nitriles is 1. The highest BCUT2D eigenvalue weighted by Gasteiger charge is 2.39. The summed E-state index contributed by atoms with van der Waals surface area (Å²) in [5.74, 6) is -0.779. The van der Waals surface area contributed by atoms with Gasteiger partial charge >= 0.3 is 0 Å². The number of imide groups is 1. The van der Waals surface area contributed by atoms with Gasteiger partial charge in [-0.1, -0.05) is 0 Å². The minimum atomic E-state index is -0.417. The number of amides is 2. The van der Waals surface area contributed by atoms with Crippen molar-refractivity contribution >= 4 is 11.8 Å². The first-order valence-electron chi connectivity index (χ1n) is 4.86. The lowest BCUT2D eigenvalue weighted by Crippen LogP contribution is -2.37. The molecule has 1 atom stereocenters. The number of pyridine rings is 1. The van der Waals surface area contributed by atoms with Gasteiger partial charge in [-0.2, -0.15) is 5.26 Å². The van der Waals surface area contributed by atoms with Crippen LogP contribution in [0.15, 0.2) is 18.3 Å². The second-order valence-corrected chi connectivity index (χ2v) is 3.59. The Labute approximate surface area is 92.3 Å². The molecule has 5 nitrogen and oxygen atoms in total. The molecule has 1 aromatic heterocycles. The molecule has 0 aliphatic carbocycles. The summed E-state index contributed by atoms with van der Waals surface area (Å²) in [6.45, 7) is 1.67. The summed E-state index contributed by atoms with van der Waals surface area (Å²) in [6, 6.07) is 4.71. The van der Waals surface area contributed by atoms with Gasteiger partial charge in [-0.15, -0.1) is 0 Å². The van der Waals surface area contributed by atoms with E-state index in [9.17, 15) is 9.59 Å². The standard InChI is InChI=1S/C11H9N3O2/c1-7(4-5-12)14-10(15)8-3-2-6-13-9(8)11(14)16/h2-3,6-7H,4H2,1H3. The maximum atomic E-state index is 11.9. The number of hydrogen-bond donors (Lipinski definition) is 0. The van der Waals surface area contributed by atoms with Crippen molar-refractivity contribution in [2.45, 2.75) is 19.4 Å². The van der Waals surface area contributed by atoms with E-state index in [0.29, 0.717) is 5.56 Å². The highest BCUT2D eigenvalue weighted by molar-refractivity contribution is 6.20. The lowest BCUT2D eigenvalue weighted by Gasteiger charge is -2.19. The van der Waals surface area contributed by atoms with Crippen molar-refractivity contribution < 1.29 is 9.59 Å². The Hall–Kier alpha value is -2.22. The van der Waals surface area contributed by atoms with E-state index in [4.69, 9.17) is 5.26 Å². The zero-order valence-corrected chi connectivity index (χ0v) is 8.67. The van der Waals surface area contributed by atoms with Gasteiger partial charge in [-0.25, -0.2) is 0 Å². The van der Waals surface area contributed by atoms with Crippen molar-refractivity contribution in [3.8, 4) is 6.07 Å². The van der Waals surface area contributed by atoms with Crippen LogP contribution in [0.1, 0.15) is 34.2 Å². The van der Waals surface area contributed by atoms with E-state index in [-0.39, 0.29) is 18.0 Å². The van der Waals surface area contributed by atoms with Crippen LogP contribution in [-0.2, 0) is 0 Å². The SMILES string of the molecule is CC(CC#N)N1C(=O)c2cccnc2C1=O. The van der Waals surface area contributed by atoms with Crippen LogP contribution in [0, 0.1) is 11.3 Å². The van der Waals surface area contributed by atoms with Crippen LogP contribution in [0.3, 0.4) is 0 Å². The maximum absolute atomic E-state index is 11.9. The molecule has 0 aromatic carbocycles. The highest BCUT2D eigenvalue weighted by atomic mass is 16.2. The van der Waals surface area contributed by atoms with E-state index in [1.165, 1.54) is 6.20 Å². The predicted octanol–water partition coefficient (Wildman–Crippen LogP) is 0.980. The molecule has 1 aliphatic heterocycles. The first kappa shape index (κ1) is 10.3. The molecule has 5 heteroatoms. The Morgan fingerprint density at radius 2 is 2.25 bits per heavy atom. The van der Waals surface area contributed by atoms with Crippen molar-refractivity contribution in [1.82, 2.24) is 9.88 Å². The van der Waals surface area contributed by atoms with E-state index in [2.05, 4.69) is 4.98 Å². The number of nitrogens with zero attached hydrogens (tertiary/aromatic N) is 3. The molecule has 2 heterocycles. The fraction of sp³-hybridized carbons (Fsp3) is 0.273. The molecule has 1 unspecified atom stereocenters. The first-order valence-corrected chi connectivity index (χ1v) is 4.86. The Balaban J connectivity index is 2.39. The summed E-state index contributed by atoms with van der Waals surface area (Å²) < 4.78 is 0. The van der Waals surface area contributed by atoms with Crippen LogP contribution in [0.2, 0.25) is 0 Å². The monoisotopic (exact) mass is 215 g/mol. The van der Waals surface area contributed by atoms with Crippen molar-refractivity contribution in [2.24, 2.45) is 0 Å². The zero-order chi connectivity index (χ0) is 11.7. The number of hydrogen-bond acceptors (Lipinski definition) is 4. The maximum Gasteiger partial charge on any atom is 0.280 e. The van der Waals surface area contributed by atoms with E-state index in [0.717, 1.165) is 4.90 Å². The minimum Gasteiger partial charge on any atom is -0.269 e. The average molecular weight is 215 g/mol. The highest BCUT2D eigenvalue weighted by Crippen LogP contribution is 2.23. The molecule has 2 amide bonds. The van der Waals surface area contributed by atoms with Crippen LogP contribution in [-0.4, -0.2) is 27.7 Å². The van der Waals surface area contributed by atoms with Crippen LogP contribution in [0.5, 0.6) is 0 Å². The lowest BCUT2D eigenvalue weighted by molar-refractivity contribution is 0.0598. The summed E-state index contributed by atoms with van der Waals surface area (Å²) in [7, 11) is 0. The van der Waals surface area contributed by atoms with Crippen LogP contribution >= 0.6 is 0 Å². The third-order valence-corrected chi connectivity index (χ3v) is 2.51. The second-order valence-electron chi connectivity index (χ2n) is 3.59. The Morgan fingerprint density at radius 3 is 2.88 bits per heavy atom. The summed E-state index contributed by atoms with van der Waals surface area (Å²) in [6.07, 6.45) is 1.61. The molecule has 0 bridgehead atoms. The topological polar surface area (TPSA) is 74.1 Å². The molecule has 16 heavy (non-hydrogen) atoms. The molecule has 2 rings (SSSR count). The van der Waals surface area contributed by atoms with E-state index < -0.39 is 11.9 Å². The number of aromatic nitrogens is 1. The van der Waals surface area contributed by atoms with Crippen LogP contribution < -0.4 is 0 Å². The largest absolute Gasteiger partial charge is 0.280 e. The molecule has 1 aliphatic rings. The van der Waals surface area contributed by atoms with Gasteiger partial charge in [-0.3, -0.25) is 19.5 Å². The lowest BCUT2D eigenvalue weighted by atomic mass is 10.2. The summed E-state index contributed by atoms with van der Waals surface area (Å²) in [4.78, 5) is 28.7. The Morgan fingerprint density at radius 1 is 1.50 bits per heavy atom. The Kier molecular flexibility index (Phi) is 2.41. The number of rotatable bonds is 2. The molecular weight excluding hydrogens is 206 g/mol. The molecule has 0 saturated heterocycles. The van der Waals surface area contributed by atoms with Crippen molar-refractivity contribution in [1.29, 1.82) is 5.26 Å². The van der Waals surface area contributed by atoms with Crippen molar-refractivity contribution in [3.63, 3.8) is 0 Å². The van der Waals surface area contributed by atoms with E-state index >= 15 is 0 Å². The van der Waals surface area contributed by atoms with Crippen LogP contribution in [0.25, 0.3) is 0 Å². The second kappa shape index (κ2) is 3.74. The molecular formula is C11H9N3O2. The van der Waals surface area contributed by atoms with Gasteiger partial charge in [-0.05, 0) is 19.1 Å².